The minimum absolute atomic E-state index is 0.00117. The number of aromatic nitrogens is 1. The Kier molecular flexibility index (Phi) is 3.35. The summed E-state index contributed by atoms with van der Waals surface area (Å²) in [6.07, 6.45) is 3.33. The van der Waals surface area contributed by atoms with Crippen LogP contribution in [0.15, 0.2) is 59.2 Å². The number of carbonyl (C=O) groups is 1. The third-order valence-electron chi connectivity index (χ3n) is 5.44. The summed E-state index contributed by atoms with van der Waals surface area (Å²) in [5.74, 6) is 0.270. The van der Waals surface area contributed by atoms with E-state index in [0.29, 0.717) is 6.42 Å². The molecule has 0 unspecified atom stereocenters. The van der Waals surface area contributed by atoms with Gasteiger partial charge in [0.05, 0.1) is 11.4 Å². The van der Waals surface area contributed by atoms with Gasteiger partial charge in [0, 0.05) is 39.8 Å². The van der Waals surface area contributed by atoms with E-state index in [1.807, 2.05) is 12.3 Å². The Bertz CT molecular complexity index is 1060. The van der Waals surface area contributed by atoms with Crippen molar-refractivity contribution in [1.82, 2.24) is 4.98 Å². The molecule has 0 saturated heterocycles. The van der Waals surface area contributed by atoms with Crippen LogP contribution in [-0.2, 0) is 4.79 Å². The highest BCUT2D eigenvalue weighted by Crippen LogP contribution is 2.51. The van der Waals surface area contributed by atoms with Gasteiger partial charge in [0.25, 0.3) is 0 Å². The van der Waals surface area contributed by atoms with E-state index >= 15 is 0 Å². The minimum Gasteiger partial charge on any atom is -0.358 e. The Morgan fingerprint density at radius 1 is 1.15 bits per heavy atom. The van der Waals surface area contributed by atoms with Crippen LogP contribution in [0.1, 0.15) is 43.0 Å². The van der Waals surface area contributed by atoms with Crippen molar-refractivity contribution in [2.24, 2.45) is 5.41 Å². The lowest BCUT2D eigenvalue weighted by atomic mass is 9.69. The van der Waals surface area contributed by atoms with Gasteiger partial charge in [-0.05, 0) is 47.0 Å². The van der Waals surface area contributed by atoms with Crippen LogP contribution in [0.5, 0.6) is 0 Å². The van der Waals surface area contributed by atoms with Crippen LogP contribution in [0, 0.1) is 5.41 Å². The molecule has 26 heavy (non-hydrogen) atoms. The number of fused-ring (bicyclic) bond motifs is 3. The summed E-state index contributed by atoms with van der Waals surface area (Å²) >= 11 is 1.72. The molecule has 3 heterocycles. The number of thiophene rings is 1. The maximum absolute atomic E-state index is 13.2. The number of benzene rings is 1. The van der Waals surface area contributed by atoms with E-state index in [1.165, 1.54) is 10.4 Å². The Morgan fingerprint density at radius 3 is 2.85 bits per heavy atom. The van der Waals surface area contributed by atoms with Gasteiger partial charge in [-0.1, -0.05) is 26.0 Å². The summed E-state index contributed by atoms with van der Waals surface area (Å²) in [5.41, 5.74) is 5.31. The molecular formula is C22H20N2OS. The number of pyridine rings is 1. The van der Waals surface area contributed by atoms with E-state index in [-0.39, 0.29) is 17.1 Å². The molecule has 2 aromatic heterocycles. The highest BCUT2D eigenvalue weighted by molar-refractivity contribution is 7.10. The number of carbonyl (C=O) groups excluding carboxylic acids is 1. The van der Waals surface area contributed by atoms with Gasteiger partial charge in [0.15, 0.2) is 5.78 Å². The van der Waals surface area contributed by atoms with Crippen molar-refractivity contribution in [2.45, 2.75) is 32.6 Å². The van der Waals surface area contributed by atoms with E-state index in [9.17, 15) is 4.79 Å². The van der Waals surface area contributed by atoms with Crippen molar-refractivity contribution < 1.29 is 4.79 Å². The zero-order chi connectivity index (χ0) is 17.9. The van der Waals surface area contributed by atoms with Crippen LogP contribution >= 0.6 is 11.3 Å². The van der Waals surface area contributed by atoms with E-state index in [0.717, 1.165) is 34.3 Å². The first-order valence-electron chi connectivity index (χ1n) is 8.98. The Labute approximate surface area is 156 Å². The summed E-state index contributed by atoms with van der Waals surface area (Å²) in [6.45, 7) is 4.35. The third kappa shape index (κ3) is 2.32. The van der Waals surface area contributed by atoms with Crippen molar-refractivity contribution in [3.63, 3.8) is 0 Å². The number of anilines is 1. The first-order chi connectivity index (χ1) is 12.5. The van der Waals surface area contributed by atoms with Crippen molar-refractivity contribution in [2.75, 3.05) is 5.32 Å². The topological polar surface area (TPSA) is 42.0 Å². The van der Waals surface area contributed by atoms with E-state index in [1.54, 1.807) is 11.3 Å². The SMILES string of the molecule is CC1(C)CC(=O)C2=C(C1)Nc1ccc3ncccc3c1[C@@H]2c1cccs1. The molecule has 0 saturated carbocycles. The molecule has 1 atom stereocenters. The molecule has 0 amide bonds. The number of nitrogens with zero attached hydrogens (tertiary/aromatic N) is 1. The Morgan fingerprint density at radius 2 is 2.04 bits per heavy atom. The molecule has 130 valence electrons. The number of allylic oxidation sites excluding steroid dienone is 2. The van der Waals surface area contributed by atoms with Gasteiger partial charge in [-0.2, -0.15) is 0 Å². The molecule has 2 aliphatic rings. The molecule has 5 rings (SSSR count). The summed E-state index contributed by atoms with van der Waals surface area (Å²) in [6, 6.07) is 12.5. The van der Waals surface area contributed by atoms with Crippen LogP contribution in [0.25, 0.3) is 10.9 Å². The standard InChI is InChI=1S/C22H20N2OS/c1-22(2)11-16-20(17(25)12-22)21(18-6-4-10-26-18)19-13-5-3-9-23-14(13)7-8-15(19)24-16/h3-10,21,24H,11-12H2,1-2H3/t21-/m0/s1. The van der Waals surface area contributed by atoms with Gasteiger partial charge >= 0.3 is 0 Å². The fourth-order valence-corrected chi connectivity index (χ4v) is 5.27. The van der Waals surface area contributed by atoms with Crippen LogP contribution in [-0.4, -0.2) is 10.8 Å². The van der Waals surface area contributed by atoms with Crippen molar-refractivity contribution >= 4 is 33.7 Å². The average molecular weight is 360 g/mol. The van der Waals surface area contributed by atoms with Crippen molar-refractivity contribution in [1.29, 1.82) is 0 Å². The van der Waals surface area contributed by atoms with Crippen LogP contribution in [0.2, 0.25) is 0 Å². The quantitative estimate of drug-likeness (QED) is 0.623. The second kappa shape index (κ2) is 5.52. The molecule has 0 spiro atoms. The smallest absolute Gasteiger partial charge is 0.162 e. The molecule has 3 nitrogen and oxygen atoms in total. The molecule has 0 radical (unpaired) electrons. The van der Waals surface area contributed by atoms with E-state index in [4.69, 9.17) is 0 Å². The maximum atomic E-state index is 13.2. The average Bonchev–Trinajstić information content (AvgIpc) is 3.13. The molecule has 0 bridgehead atoms. The van der Waals surface area contributed by atoms with Crippen LogP contribution in [0.3, 0.4) is 0 Å². The second-order valence-corrected chi connectivity index (χ2v) is 8.98. The molecule has 4 heteroatoms. The first kappa shape index (κ1) is 15.8. The summed E-state index contributed by atoms with van der Waals surface area (Å²) in [5, 5.41) is 6.82. The van der Waals surface area contributed by atoms with Gasteiger partial charge in [0.2, 0.25) is 0 Å². The Hall–Kier alpha value is -2.46. The van der Waals surface area contributed by atoms with Gasteiger partial charge in [-0.15, -0.1) is 11.3 Å². The van der Waals surface area contributed by atoms with E-state index < -0.39 is 0 Å². The fraction of sp³-hybridized carbons (Fsp3) is 0.273. The molecule has 0 fully saturated rings. The van der Waals surface area contributed by atoms with Gasteiger partial charge in [0.1, 0.15) is 0 Å². The Balaban J connectivity index is 1.82. The first-order valence-corrected chi connectivity index (χ1v) is 9.86. The van der Waals surface area contributed by atoms with Crippen LogP contribution < -0.4 is 5.32 Å². The number of ketones is 1. The summed E-state index contributed by atoms with van der Waals surface area (Å²) < 4.78 is 0. The zero-order valence-electron chi connectivity index (χ0n) is 14.9. The predicted molar refractivity (Wildman–Crippen MR) is 107 cm³/mol. The second-order valence-electron chi connectivity index (χ2n) is 8.00. The number of hydrogen-bond donors (Lipinski definition) is 1. The third-order valence-corrected chi connectivity index (χ3v) is 6.37. The largest absolute Gasteiger partial charge is 0.358 e. The van der Waals surface area contributed by atoms with Gasteiger partial charge in [-0.3, -0.25) is 9.78 Å². The highest BCUT2D eigenvalue weighted by atomic mass is 32.1. The molecule has 1 aliphatic carbocycles. The van der Waals surface area contributed by atoms with Crippen LogP contribution in [0.4, 0.5) is 5.69 Å². The van der Waals surface area contributed by atoms with Gasteiger partial charge < -0.3 is 5.32 Å². The zero-order valence-corrected chi connectivity index (χ0v) is 15.7. The highest BCUT2D eigenvalue weighted by Gasteiger charge is 2.41. The molecule has 1 N–H and O–H groups in total. The number of Topliss-reactive ketones (excluding diaryl/α,β-unsaturated/α-hetero) is 1. The lowest BCUT2D eigenvalue weighted by Crippen LogP contribution is -2.33. The lowest BCUT2D eigenvalue weighted by molar-refractivity contribution is -0.118. The predicted octanol–water partition coefficient (Wildman–Crippen LogP) is 5.50. The van der Waals surface area contributed by atoms with Gasteiger partial charge in [-0.25, -0.2) is 0 Å². The molecule has 1 aliphatic heterocycles. The number of hydrogen-bond acceptors (Lipinski definition) is 4. The monoisotopic (exact) mass is 360 g/mol. The molecule has 1 aromatic carbocycles. The van der Waals surface area contributed by atoms with E-state index in [2.05, 4.69) is 59.9 Å². The lowest BCUT2D eigenvalue weighted by Gasteiger charge is -2.39. The summed E-state index contributed by atoms with van der Waals surface area (Å²) in [7, 11) is 0. The van der Waals surface area contributed by atoms with Crippen molar-refractivity contribution in [3.05, 3.63) is 69.7 Å². The van der Waals surface area contributed by atoms with Crippen molar-refractivity contribution in [3.8, 4) is 0 Å². The normalized spacial score (nSPS) is 21.3. The summed E-state index contributed by atoms with van der Waals surface area (Å²) in [4.78, 5) is 18.9. The maximum Gasteiger partial charge on any atom is 0.162 e. The number of rotatable bonds is 1. The number of nitrogens with one attached hydrogen (secondary N) is 1. The fourth-order valence-electron chi connectivity index (χ4n) is 4.42. The molecule has 3 aromatic rings. The minimum atomic E-state index is -0.00208. The molecular weight excluding hydrogens is 340 g/mol.